The summed E-state index contributed by atoms with van der Waals surface area (Å²) in [6.45, 7) is 4.71. The number of nitrogens with zero attached hydrogens (tertiary/aromatic N) is 1. The number of ether oxygens (including phenoxy) is 1. The maximum Gasteiger partial charge on any atom is 0.269 e. The van der Waals surface area contributed by atoms with Crippen LogP contribution in [0.15, 0.2) is 36.5 Å². The van der Waals surface area contributed by atoms with Gasteiger partial charge in [-0.25, -0.2) is 4.98 Å². The zero-order valence-electron chi connectivity index (χ0n) is 13.4. The van der Waals surface area contributed by atoms with E-state index in [9.17, 15) is 4.79 Å². The van der Waals surface area contributed by atoms with Crippen LogP contribution in [0.25, 0.3) is 0 Å². The first-order chi connectivity index (χ1) is 11.0. The van der Waals surface area contributed by atoms with Crippen LogP contribution in [0.1, 0.15) is 24.3 Å². The normalized spacial score (nSPS) is 10.5. The van der Waals surface area contributed by atoms with Crippen molar-refractivity contribution in [1.29, 1.82) is 0 Å². The number of rotatable bonds is 6. The van der Waals surface area contributed by atoms with Gasteiger partial charge in [-0.15, -0.1) is 0 Å². The van der Waals surface area contributed by atoms with Gasteiger partial charge in [0.1, 0.15) is 11.4 Å². The molecule has 0 aliphatic heterocycles. The van der Waals surface area contributed by atoms with Gasteiger partial charge in [-0.2, -0.15) is 0 Å². The molecule has 122 valence electrons. The minimum Gasteiger partial charge on any atom is -0.495 e. The van der Waals surface area contributed by atoms with E-state index in [1.807, 2.05) is 13.8 Å². The number of amides is 1. The Morgan fingerprint density at radius 1 is 1.30 bits per heavy atom. The summed E-state index contributed by atoms with van der Waals surface area (Å²) in [6, 6.07) is 8.77. The predicted molar refractivity (Wildman–Crippen MR) is 92.7 cm³/mol. The van der Waals surface area contributed by atoms with Gasteiger partial charge in [-0.05, 0) is 36.2 Å². The summed E-state index contributed by atoms with van der Waals surface area (Å²) in [5.74, 6) is 0.897. The maximum atomic E-state index is 11.9. The van der Waals surface area contributed by atoms with Crippen molar-refractivity contribution < 1.29 is 9.53 Å². The molecule has 23 heavy (non-hydrogen) atoms. The molecule has 2 aromatic rings. The van der Waals surface area contributed by atoms with Crippen LogP contribution in [-0.4, -0.2) is 24.5 Å². The third kappa shape index (κ3) is 4.86. The van der Waals surface area contributed by atoms with E-state index in [1.54, 1.807) is 43.6 Å². The molecule has 1 aromatic carbocycles. The van der Waals surface area contributed by atoms with Gasteiger partial charge >= 0.3 is 0 Å². The Bertz CT molecular complexity index is 672. The molecule has 0 aliphatic carbocycles. The van der Waals surface area contributed by atoms with Crippen LogP contribution in [-0.2, 0) is 0 Å². The standard InChI is InChI=1S/C17H20ClN3O2/c1-11(2)9-20-17(22)14-6-5-13(10-19-14)21-15-8-12(18)4-7-16(15)23-3/h4-8,10-11,21H,9H2,1-3H3,(H,20,22). The number of halogens is 1. The zero-order chi connectivity index (χ0) is 16.8. The Labute approximate surface area is 141 Å². The van der Waals surface area contributed by atoms with E-state index in [-0.39, 0.29) is 5.91 Å². The fourth-order valence-electron chi connectivity index (χ4n) is 1.92. The third-order valence-corrected chi connectivity index (χ3v) is 3.34. The number of carbonyl (C=O) groups is 1. The molecule has 1 heterocycles. The number of methoxy groups -OCH3 is 1. The average Bonchev–Trinajstić information content (AvgIpc) is 2.53. The SMILES string of the molecule is COc1ccc(Cl)cc1Nc1ccc(C(=O)NCC(C)C)nc1. The number of anilines is 2. The van der Waals surface area contributed by atoms with Gasteiger partial charge in [0, 0.05) is 11.6 Å². The molecule has 0 saturated heterocycles. The van der Waals surface area contributed by atoms with Gasteiger partial charge in [0.15, 0.2) is 0 Å². The minimum atomic E-state index is -0.175. The van der Waals surface area contributed by atoms with E-state index in [4.69, 9.17) is 16.3 Å². The fourth-order valence-corrected chi connectivity index (χ4v) is 2.09. The first kappa shape index (κ1) is 17.1. The van der Waals surface area contributed by atoms with Crippen molar-refractivity contribution in [3.05, 3.63) is 47.2 Å². The molecule has 0 spiro atoms. The average molecular weight is 334 g/mol. The van der Waals surface area contributed by atoms with Gasteiger partial charge in [0.2, 0.25) is 0 Å². The summed E-state index contributed by atoms with van der Waals surface area (Å²) < 4.78 is 5.28. The number of nitrogens with one attached hydrogen (secondary N) is 2. The van der Waals surface area contributed by atoms with Gasteiger partial charge in [-0.3, -0.25) is 4.79 Å². The lowest BCUT2D eigenvalue weighted by Gasteiger charge is -2.12. The van der Waals surface area contributed by atoms with Crippen molar-refractivity contribution in [3.63, 3.8) is 0 Å². The lowest BCUT2D eigenvalue weighted by molar-refractivity contribution is 0.0944. The van der Waals surface area contributed by atoms with E-state index >= 15 is 0 Å². The summed E-state index contributed by atoms with van der Waals surface area (Å²) in [5.41, 5.74) is 1.86. The molecule has 2 N–H and O–H groups in total. The molecule has 0 unspecified atom stereocenters. The maximum absolute atomic E-state index is 11.9. The van der Waals surface area contributed by atoms with Gasteiger partial charge in [-0.1, -0.05) is 25.4 Å². The van der Waals surface area contributed by atoms with Crippen LogP contribution in [0.3, 0.4) is 0 Å². The molecule has 2 rings (SSSR count). The Kier molecular flexibility index (Phi) is 5.82. The Hall–Kier alpha value is -2.27. The molecule has 1 amide bonds. The number of aromatic nitrogens is 1. The lowest BCUT2D eigenvalue weighted by atomic mass is 10.2. The Morgan fingerprint density at radius 3 is 2.70 bits per heavy atom. The first-order valence-electron chi connectivity index (χ1n) is 7.34. The molecule has 0 fully saturated rings. The number of benzene rings is 1. The van der Waals surface area contributed by atoms with Gasteiger partial charge in [0.05, 0.1) is 24.7 Å². The summed E-state index contributed by atoms with van der Waals surface area (Å²) in [7, 11) is 1.59. The second-order valence-corrected chi connectivity index (χ2v) is 5.94. The summed E-state index contributed by atoms with van der Waals surface area (Å²) in [6.07, 6.45) is 1.60. The highest BCUT2D eigenvalue weighted by atomic mass is 35.5. The Balaban J connectivity index is 2.08. The van der Waals surface area contributed by atoms with Crippen molar-refractivity contribution in [3.8, 4) is 5.75 Å². The van der Waals surface area contributed by atoms with Gasteiger partial charge < -0.3 is 15.4 Å². The number of hydrogen-bond donors (Lipinski definition) is 2. The smallest absolute Gasteiger partial charge is 0.269 e. The number of pyridine rings is 1. The van der Waals surface area contributed by atoms with Crippen LogP contribution < -0.4 is 15.4 Å². The van der Waals surface area contributed by atoms with Crippen LogP contribution in [0.4, 0.5) is 11.4 Å². The van der Waals surface area contributed by atoms with Crippen LogP contribution in [0.5, 0.6) is 5.75 Å². The van der Waals surface area contributed by atoms with Crippen molar-refractivity contribution >= 4 is 28.9 Å². The van der Waals surface area contributed by atoms with Crippen molar-refractivity contribution in [2.24, 2.45) is 5.92 Å². The highest BCUT2D eigenvalue weighted by molar-refractivity contribution is 6.31. The quantitative estimate of drug-likeness (QED) is 0.842. The molecule has 6 heteroatoms. The van der Waals surface area contributed by atoms with Crippen molar-refractivity contribution in [2.45, 2.75) is 13.8 Å². The van der Waals surface area contributed by atoms with Crippen molar-refractivity contribution in [2.75, 3.05) is 19.0 Å². The molecule has 0 radical (unpaired) electrons. The second kappa shape index (κ2) is 7.83. The molecular weight excluding hydrogens is 314 g/mol. The molecule has 0 bridgehead atoms. The molecule has 0 saturated carbocycles. The van der Waals surface area contributed by atoms with Crippen LogP contribution in [0.2, 0.25) is 5.02 Å². The largest absolute Gasteiger partial charge is 0.495 e. The predicted octanol–water partition coefficient (Wildman–Crippen LogP) is 3.87. The van der Waals surface area contributed by atoms with E-state index < -0.39 is 0 Å². The molecular formula is C17H20ClN3O2. The topological polar surface area (TPSA) is 63.2 Å². The monoisotopic (exact) mass is 333 g/mol. The number of carbonyl (C=O) groups excluding carboxylic acids is 1. The second-order valence-electron chi connectivity index (χ2n) is 5.51. The zero-order valence-corrected chi connectivity index (χ0v) is 14.1. The number of hydrogen-bond acceptors (Lipinski definition) is 4. The summed E-state index contributed by atoms with van der Waals surface area (Å²) >= 11 is 6.00. The summed E-state index contributed by atoms with van der Waals surface area (Å²) in [4.78, 5) is 16.1. The van der Waals surface area contributed by atoms with E-state index in [2.05, 4.69) is 15.6 Å². The minimum absolute atomic E-state index is 0.175. The van der Waals surface area contributed by atoms with E-state index in [0.29, 0.717) is 28.9 Å². The third-order valence-electron chi connectivity index (χ3n) is 3.11. The van der Waals surface area contributed by atoms with Gasteiger partial charge in [0.25, 0.3) is 5.91 Å². The highest BCUT2D eigenvalue weighted by Crippen LogP contribution is 2.30. The molecule has 0 atom stereocenters. The van der Waals surface area contributed by atoms with E-state index in [0.717, 1.165) is 11.4 Å². The molecule has 5 nitrogen and oxygen atoms in total. The fraction of sp³-hybridized carbons (Fsp3) is 0.294. The molecule has 1 aromatic heterocycles. The van der Waals surface area contributed by atoms with Crippen LogP contribution >= 0.6 is 11.6 Å². The van der Waals surface area contributed by atoms with Crippen molar-refractivity contribution in [1.82, 2.24) is 10.3 Å². The molecule has 0 aliphatic rings. The lowest BCUT2D eigenvalue weighted by Crippen LogP contribution is -2.27. The Morgan fingerprint density at radius 2 is 2.09 bits per heavy atom. The first-order valence-corrected chi connectivity index (χ1v) is 7.72. The van der Waals surface area contributed by atoms with E-state index in [1.165, 1.54) is 0 Å². The van der Waals surface area contributed by atoms with Crippen LogP contribution in [0, 0.1) is 5.92 Å². The highest BCUT2D eigenvalue weighted by Gasteiger charge is 2.09. The summed E-state index contributed by atoms with van der Waals surface area (Å²) in [5, 5.41) is 6.61.